The summed E-state index contributed by atoms with van der Waals surface area (Å²) in [4.78, 5) is 36.7. The number of amides is 3. The van der Waals surface area contributed by atoms with Crippen LogP contribution in [0.15, 0.2) is 48.5 Å². The Kier molecular flexibility index (Phi) is 5.93. The first-order chi connectivity index (χ1) is 12.8. The smallest absolute Gasteiger partial charge is 0.243 e. The molecule has 0 unspecified atom stereocenters. The largest absolute Gasteiger partial charge is 0.368 e. The van der Waals surface area contributed by atoms with E-state index in [1.165, 1.54) is 32.0 Å². The lowest BCUT2D eigenvalue weighted by Crippen LogP contribution is -2.53. The molecule has 0 fully saturated rings. The molecule has 0 spiro atoms. The highest BCUT2D eigenvalue weighted by molar-refractivity contribution is 5.97. The van der Waals surface area contributed by atoms with Gasteiger partial charge in [-0.15, -0.1) is 0 Å². The highest BCUT2D eigenvalue weighted by atomic mass is 16.2. The van der Waals surface area contributed by atoms with E-state index in [-0.39, 0.29) is 23.6 Å². The van der Waals surface area contributed by atoms with Crippen LogP contribution in [-0.4, -0.2) is 23.8 Å². The molecular weight excluding hydrogens is 344 g/mol. The second kappa shape index (κ2) is 8.15. The Morgan fingerprint density at radius 3 is 2.44 bits per heavy atom. The van der Waals surface area contributed by atoms with Crippen LogP contribution in [0.3, 0.4) is 0 Å². The number of carbonyl (C=O) groups is 3. The summed E-state index contributed by atoms with van der Waals surface area (Å²) < 4.78 is 0. The van der Waals surface area contributed by atoms with Crippen molar-refractivity contribution in [2.24, 2.45) is 5.73 Å². The number of nitrogens with zero attached hydrogens (tertiary/aromatic N) is 2. The summed E-state index contributed by atoms with van der Waals surface area (Å²) in [6.45, 7) is 2.99. The lowest BCUT2D eigenvalue weighted by atomic mass is 10.0. The standard InChI is InChI=1S/C20H20N4O3/c1-20(2,19(22)27)24(13-25)17-9-15(12-21)8-16(11-17)23-18(26)10-14-6-4-3-5-7-14/h3-9,11,13H,10H2,1-2H3,(H2,22,27)(H,23,26). The van der Waals surface area contributed by atoms with E-state index in [4.69, 9.17) is 5.73 Å². The van der Waals surface area contributed by atoms with Gasteiger partial charge in [-0.25, -0.2) is 0 Å². The van der Waals surface area contributed by atoms with Crippen LogP contribution in [0, 0.1) is 11.3 Å². The van der Waals surface area contributed by atoms with Crippen molar-refractivity contribution in [3.8, 4) is 6.07 Å². The Hall–Kier alpha value is -3.66. The monoisotopic (exact) mass is 364 g/mol. The molecule has 7 heteroatoms. The van der Waals surface area contributed by atoms with Crippen molar-refractivity contribution in [2.75, 3.05) is 10.2 Å². The molecule has 0 atom stereocenters. The molecule has 2 aromatic carbocycles. The van der Waals surface area contributed by atoms with E-state index in [9.17, 15) is 19.6 Å². The average molecular weight is 364 g/mol. The third-order valence-corrected chi connectivity index (χ3v) is 4.13. The van der Waals surface area contributed by atoms with Gasteiger partial charge in [-0.3, -0.25) is 14.4 Å². The maximum Gasteiger partial charge on any atom is 0.243 e. The Balaban J connectivity index is 2.32. The molecule has 3 amide bonds. The van der Waals surface area contributed by atoms with Crippen molar-refractivity contribution >= 4 is 29.6 Å². The van der Waals surface area contributed by atoms with E-state index in [0.29, 0.717) is 12.1 Å². The highest BCUT2D eigenvalue weighted by Gasteiger charge is 2.33. The first kappa shape index (κ1) is 19.7. The van der Waals surface area contributed by atoms with Crippen molar-refractivity contribution in [1.82, 2.24) is 0 Å². The van der Waals surface area contributed by atoms with Gasteiger partial charge in [-0.1, -0.05) is 30.3 Å². The van der Waals surface area contributed by atoms with E-state index < -0.39 is 11.4 Å². The number of nitriles is 1. The molecule has 0 aliphatic heterocycles. The minimum atomic E-state index is -1.30. The van der Waals surface area contributed by atoms with E-state index >= 15 is 0 Å². The third kappa shape index (κ3) is 4.70. The summed E-state index contributed by atoms with van der Waals surface area (Å²) in [6.07, 6.45) is 0.633. The normalized spacial score (nSPS) is 10.6. The van der Waals surface area contributed by atoms with Crippen molar-refractivity contribution in [3.05, 3.63) is 59.7 Å². The van der Waals surface area contributed by atoms with Gasteiger partial charge in [-0.05, 0) is 37.6 Å². The second-order valence-corrected chi connectivity index (χ2v) is 6.49. The number of nitrogens with one attached hydrogen (secondary N) is 1. The van der Waals surface area contributed by atoms with Gasteiger partial charge < -0.3 is 16.0 Å². The van der Waals surface area contributed by atoms with Crippen molar-refractivity contribution in [1.29, 1.82) is 5.26 Å². The molecule has 0 radical (unpaired) electrons. The lowest BCUT2D eigenvalue weighted by molar-refractivity contribution is -0.124. The number of anilines is 2. The maximum atomic E-state index is 12.3. The molecule has 0 saturated carbocycles. The molecule has 0 aromatic heterocycles. The SMILES string of the molecule is CC(C)(C(N)=O)N(C=O)c1cc(C#N)cc(NC(=O)Cc2ccccc2)c1. The summed E-state index contributed by atoms with van der Waals surface area (Å²) in [5.74, 6) is -0.972. The van der Waals surface area contributed by atoms with Gasteiger partial charge in [-0.2, -0.15) is 5.26 Å². The van der Waals surface area contributed by atoms with E-state index in [0.717, 1.165) is 10.5 Å². The molecule has 0 saturated heterocycles. The van der Waals surface area contributed by atoms with Gasteiger partial charge >= 0.3 is 0 Å². The summed E-state index contributed by atoms with van der Waals surface area (Å²) >= 11 is 0. The fourth-order valence-electron chi connectivity index (χ4n) is 2.51. The summed E-state index contributed by atoms with van der Waals surface area (Å²) in [5, 5.41) is 12.0. The van der Waals surface area contributed by atoms with Crippen LogP contribution in [-0.2, 0) is 20.8 Å². The van der Waals surface area contributed by atoms with Crippen LogP contribution in [0.25, 0.3) is 0 Å². The minimum absolute atomic E-state index is 0.164. The number of rotatable bonds is 7. The van der Waals surface area contributed by atoms with Crippen LogP contribution >= 0.6 is 0 Å². The number of primary amides is 1. The molecule has 3 N–H and O–H groups in total. The predicted molar refractivity (Wildman–Crippen MR) is 102 cm³/mol. The average Bonchev–Trinajstić information content (AvgIpc) is 2.62. The number of hydrogen-bond donors (Lipinski definition) is 2. The van der Waals surface area contributed by atoms with Gasteiger partial charge in [0.25, 0.3) is 0 Å². The number of carbonyl (C=O) groups excluding carboxylic acids is 3. The van der Waals surface area contributed by atoms with Gasteiger partial charge in [0.1, 0.15) is 5.54 Å². The molecule has 2 aromatic rings. The molecule has 0 aliphatic rings. The van der Waals surface area contributed by atoms with E-state index in [1.807, 2.05) is 36.4 Å². The van der Waals surface area contributed by atoms with Crippen LogP contribution in [0.5, 0.6) is 0 Å². The fraction of sp³-hybridized carbons (Fsp3) is 0.200. The fourth-order valence-corrected chi connectivity index (χ4v) is 2.51. The topological polar surface area (TPSA) is 116 Å². The highest BCUT2D eigenvalue weighted by Crippen LogP contribution is 2.27. The van der Waals surface area contributed by atoms with Crippen LogP contribution in [0.1, 0.15) is 25.0 Å². The Bertz CT molecular complexity index is 901. The molecule has 0 bridgehead atoms. The Morgan fingerprint density at radius 2 is 1.89 bits per heavy atom. The zero-order valence-electron chi connectivity index (χ0n) is 15.1. The quantitative estimate of drug-likeness (QED) is 0.731. The van der Waals surface area contributed by atoms with Crippen LogP contribution in [0.2, 0.25) is 0 Å². The zero-order chi connectivity index (χ0) is 20.0. The van der Waals surface area contributed by atoms with Gasteiger partial charge in [0.2, 0.25) is 18.2 Å². The summed E-state index contributed by atoms with van der Waals surface area (Å²) in [6, 6.07) is 15.6. The molecule has 27 heavy (non-hydrogen) atoms. The summed E-state index contributed by atoms with van der Waals surface area (Å²) in [7, 11) is 0. The van der Waals surface area contributed by atoms with Crippen LogP contribution < -0.4 is 16.0 Å². The first-order valence-electron chi connectivity index (χ1n) is 8.21. The third-order valence-electron chi connectivity index (χ3n) is 4.13. The Labute approximate surface area is 157 Å². The van der Waals surface area contributed by atoms with Gasteiger partial charge in [0, 0.05) is 11.4 Å². The lowest BCUT2D eigenvalue weighted by Gasteiger charge is -2.33. The molecule has 0 heterocycles. The van der Waals surface area contributed by atoms with Gasteiger partial charge in [0.05, 0.1) is 18.1 Å². The molecule has 0 aliphatic carbocycles. The minimum Gasteiger partial charge on any atom is -0.368 e. The maximum absolute atomic E-state index is 12.3. The van der Waals surface area contributed by atoms with Gasteiger partial charge in [0.15, 0.2) is 0 Å². The van der Waals surface area contributed by atoms with Crippen molar-refractivity contribution in [3.63, 3.8) is 0 Å². The number of benzene rings is 2. The first-order valence-corrected chi connectivity index (χ1v) is 8.21. The van der Waals surface area contributed by atoms with Crippen molar-refractivity contribution in [2.45, 2.75) is 25.8 Å². The number of hydrogen-bond acceptors (Lipinski definition) is 4. The molecule has 2 rings (SSSR count). The summed E-state index contributed by atoms with van der Waals surface area (Å²) in [5.41, 5.74) is 5.78. The molecule has 138 valence electrons. The predicted octanol–water partition coefficient (Wildman–Crippen LogP) is 1.97. The molecular formula is C20H20N4O3. The van der Waals surface area contributed by atoms with E-state index in [2.05, 4.69) is 5.32 Å². The second-order valence-electron chi connectivity index (χ2n) is 6.49. The molecule has 7 nitrogen and oxygen atoms in total. The van der Waals surface area contributed by atoms with Crippen molar-refractivity contribution < 1.29 is 14.4 Å². The Morgan fingerprint density at radius 1 is 1.22 bits per heavy atom. The van der Waals surface area contributed by atoms with Crippen LogP contribution in [0.4, 0.5) is 11.4 Å². The zero-order valence-corrected chi connectivity index (χ0v) is 15.1. The number of nitrogens with two attached hydrogens (primary N) is 1. The van der Waals surface area contributed by atoms with E-state index in [1.54, 1.807) is 0 Å².